The molecule has 0 aliphatic heterocycles. The Bertz CT molecular complexity index is 454. The standard InChI is InChI=1S/C15H17ClO3/c1-2-3-4-5-6-10-14(17)19-15(18)12-8-7-9-13(16)11-12/h2,7-9,11H,1,3-6,10H2. The van der Waals surface area contributed by atoms with E-state index in [9.17, 15) is 9.59 Å². The van der Waals surface area contributed by atoms with Crippen LogP contribution in [0, 0.1) is 0 Å². The van der Waals surface area contributed by atoms with Gasteiger partial charge in [-0.1, -0.05) is 30.2 Å². The largest absolute Gasteiger partial charge is 0.389 e. The molecule has 0 aromatic heterocycles. The summed E-state index contributed by atoms with van der Waals surface area (Å²) in [5.41, 5.74) is 0.285. The molecule has 0 atom stereocenters. The van der Waals surface area contributed by atoms with E-state index in [4.69, 9.17) is 16.3 Å². The summed E-state index contributed by atoms with van der Waals surface area (Å²) in [6, 6.07) is 6.32. The predicted molar refractivity (Wildman–Crippen MR) is 75.2 cm³/mol. The monoisotopic (exact) mass is 280 g/mol. The Balaban J connectivity index is 2.32. The number of esters is 2. The number of rotatable bonds is 7. The van der Waals surface area contributed by atoms with Crippen molar-refractivity contribution in [3.63, 3.8) is 0 Å². The molecule has 0 saturated carbocycles. The highest BCUT2D eigenvalue weighted by molar-refractivity contribution is 6.30. The van der Waals surface area contributed by atoms with Gasteiger partial charge in [-0.05, 0) is 37.5 Å². The van der Waals surface area contributed by atoms with Crippen molar-refractivity contribution in [2.45, 2.75) is 32.1 Å². The van der Waals surface area contributed by atoms with Crippen LogP contribution in [0.2, 0.25) is 5.02 Å². The molecule has 0 fully saturated rings. The molecule has 0 spiro atoms. The van der Waals surface area contributed by atoms with Gasteiger partial charge in [-0.2, -0.15) is 0 Å². The molecule has 0 N–H and O–H groups in total. The Morgan fingerprint density at radius 1 is 1.26 bits per heavy atom. The zero-order valence-corrected chi connectivity index (χ0v) is 11.5. The average molecular weight is 281 g/mol. The number of halogens is 1. The summed E-state index contributed by atoms with van der Waals surface area (Å²) in [6.45, 7) is 3.63. The fraction of sp³-hybridized carbons (Fsp3) is 0.333. The summed E-state index contributed by atoms with van der Waals surface area (Å²) in [5, 5.41) is 0.436. The van der Waals surface area contributed by atoms with Crippen molar-refractivity contribution in [2.24, 2.45) is 0 Å². The van der Waals surface area contributed by atoms with Gasteiger partial charge in [0.25, 0.3) is 0 Å². The number of carbonyl (C=O) groups excluding carboxylic acids is 2. The molecule has 1 aromatic carbocycles. The van der Waals surface area contributed by atoms with E-state index in [2.05, 4.69) is 6.58 Å². The van der Waals surface area contributed by atoms with Crippen molar-refractivity contribution >= 4 is 23.5 Å². The van der Waals surface area contributed by atoms with Crippen LogP contribution in [-0.4, -0.2) is 11.9 Å². The number of allylic oxidation sites excluding steroid dienone is 1. The molecule has 0 unspecified atom stereocenters. The Morgan fingerprint density at radius 3 is 2.74 bits per heavy atom. The number of carbonyl (C=O) groups is 2. The summed E-state index contributed by atoms with van der Waals surface area (Å²) in [4.78, 5) is 23.1. The first kappa shape index (κ1) is 15.4. The lowest BCUT2D eigenvalue weighted by Crippen LogP contribution is -2.12. The van der Waals surface area contributed by atoms with Gasteiger partial charge in [-0.3, -0.25) is 4.79 Å². The molecule has 0 radical (unpaired) electrons. The van der Waals surface area contributed by atoms with E-state index in [-0.39, 0.29) is 12.0 Å². The van der Waals surface area contributed by atoms with Gasteiger partial charge in [0, 0.05) is 11.4 Å². The highest BCUT2D eigenvalue weighted by atomic mass is 35.5. The molecule has 0 aliphatic carbocycles. The van der Waals surface area contributed by atoms with Crippen LogP contribution in [0.4, 0.5) is 0 Å². The number of hydrogen-bond acceptors (Lipinski definition) is 3. The van der Waals surface area contributed by atoms with E-state index in [1.807, 2.05) is 6.08 Å². The van der Waals surface area contributed by atoms with Gasteiger partial charge >= 0.3 is 11.9 Å². The molecular weight excluding hydrogens is 264 g/mol. The van der Waals surface area contributed by atoms with E-state index in [0.717, 1.165) is 25.7 Å². The first-order valence-electron chi connectivity index (χ1n) is 6.25. The quantitative estimate of drug-likeness (QED) is 0.326. The molecule has 0 bridgehead atoms. The smallest absolute Gasteiger partial charge is 0.345 e. The lowest BCUT2D eigenvalue weighted by Gasteiger charge is -2.03. The zero-order valence-electron chi connectivity index (χ0n) is 10.7. The Kier molecular flexibility index (Phi) is 6.90. The molecular formula is C15H17ClO3. The Hall–Kier alpha value is -1.61. The first-order chi connectivity index (χ1) is 9.13. The van der Waals surface area contributed by atoms with Crippen molar-refractivity contribution in [1.82, 2.24) is 0 Å². The fourth-order valence-electron chi connectivity index (χ4n) is 1.56. The maximum atomic E-state index is 11.6. The summed E-state index contributed by atoms with van der Waals surface area (Å²) >= 11 is 5.76. The molecule has 1 rings (SSSR count). The summed E-state index contributed by atoms with van der Waals surface area (Å²) in [5.74, 6) is -1.15. The van der Waals surface area contributed by atoms with Crippen molar-refractivity contribution in [3.05, 3.63) is 47.5 Å². The number of unbranched alkanes of at least 4 members (excludes halogenated alkanes) is 3. The van der Waals surface area contributed by atoms with E-state index in [1.165, 1.54) is 6.07 Å². The molecule has 3 nitrogen and oxygen atoms in total. The van der Waals surface area contributed by atoms with Gasteiger partial charge in [-0.25, -0.2) is 4.79 Å². The van der Waals surface area contributed by atoms with E-state index in [1.54, 1.807) is 18.2 Å². The van der Waals surface area contributed by atoms with E-state index < -0.39 is 11.9 Å². The van der Waals surface area contributed by atoms with Crippen LogP contribution in [0.3, 0.4) is 0 Å². The van der Waals surface area contributed by atoms with Crippen LogP contribution in [0.15, 0.2) is 36.9 Å². The van der Waals surface area contributed by atoms with Crippen LogP contribution in [0.1, 0.15) is 42.5 Å². The molecule has 0 heterocycles. The summed E-state index contributed by atoms with van der Waals surface area (Å²) < 4.78 is 4.74. The van der Waals surface area contributed by atoms with Gasteiger partial charge in [0.15, 0.2) is 0 Å². The van der Waals surface area contributed by atoms with Crippen LogP contribution >= 0.6 is 11.6 Å². The maximum Gasteiger partial charge on any atom is 0.345 e. The minimum atomic E-state index is -0.654. The van der Waals surface area contributed by atoms with Gasteiger partial charge in [-0.15, -0.1) is 6.58 Å². The third-order valence-corrected chi connectivity index (χ3v) is 2.79. The highest BCUT2D eigenvalue weighted by Crippen LogP contribution is 2.12. The molecule has 1 aromatic rings. The van der Waals surface area contributed by atoms with Gasteiger partial charge in [0.05, 0.1) is 5.56 Å². The third kappa shape index (κ3) is 6.20. The number of hydrogen-bond donors (Lipinski definition) is 0. The minimum absolute atomic E-state index is 0.253. The van der Waals surface area contributed by atoms with Crippen molar-refractivity contribution in [2.75, 3.05) is 0 Å². The summed E-state index contributed by atoms with van der Waals surface area (Å²) in [7, 11) is 0. The maximum absolute atomic E-state index is 11.6. The first-order valence-corrected chi connectivity index (χ1v) is 6.62. The van der Waals surface area contributed by atoms with Gasteiger partial charge < -0.3 is 4.74 Å². The fourth-order valence-corrected chi connectivity index (χ4v) is 1.75. The summed E-state index contributed by atoms with van der Waals surface area (Å²) in [6.07, 6.45) is 5.68. The third-order valence-electron chi connectivity index (χ3n) is 2.56. The minimum Gasteiger partial charge on any atom is -0.389 e. The van der Waals surface area contributed by atoms with E-state index >= 15 is 0 Å². The molecule has 0 aliphatic rings. The Morgan fingerprint density at radius 2 is 2.05 bits per heavy atom. The normalized spacial score (nSPS) is 9.95. The van der Waals surface area contributed by atoms with Crippen LogP contribution in [0.5, 0.6) is 0 Å². The molecule has 4 heteroatoms. The second kappa shape index (κ2) is 8.48. The lowest BCUT2D eigenvalue weighted by atomic mass is 10.1. The van der Waals surface area contributed by atoms with Crippen molar-refractivity contribution in [1.29, 1.82) is 0 Å². The van der Waals surface area contributed by atoms with Crippen molar-refractivity contribution < 1.29 is 14.3 Å². The number of ether oxygens (including phenoxy) is 1. The van der Waals surface area contributed by atoms with Crippen LogP contribution in [0.25, 0.3) is 0 Å². The van der Waals surface area contributed by atoms with Crippen LogP contribution in [-0.2, 0) is 9.53 Å². The SMILES string of the molecule is C=CCCCCCC(=O)OC(=O)c1cccc(Cl)c1. The van der Waals surface area contributed by atoms with Crippen molar-refractivity contribution in [3.8, 4) is 0 Å². The number of benzene rings is 1. The van der Waals surface area contributed by atoms with Gasteiger partial charge in [0.2, 0.25) is 0 Å². The Labute approximate surface area is 118 Å². The second-order valence-electron chi connectivity index (χ2n) is 4.16. The molecule has 0 amide bonds. The van der Waals surface area contributed by atoms with Crippen LogP contribution < -0.4 is 0 Å². The van der Waals surface area contributed by atoms with Gasteiger partial charge in [0.1, 0.15) is 0 Å². The molecule has 19 heavy (non-hydrogen) atoms. The zero-order chi connectivity index (χ0) is 14.1. The average Bonchev–Trinajstić information content (AvgIpc) is 2.38. The molecule has 0 saturated heterocycles. The van der Waals surface area contributed by atoms with E-state index in [0.29, 0.717) is 5.02 Å². The highest BCUT2D eigenvalue weighted by Gasteiger charge is 2.12. The second-order valence-corrected chi connectivity index (χ2v) is 4.60. The predicted octanol–water partition coefficient (Wildman–Crippen LogP) is 4.16. The lowest BCUT2D eigenvalue weighted by molar-refractivity contribution is -0.138. The topological polar surface area (TPSA) is 43.4 Å². The molecule has 102 valence electrons.